The fraction of sp³-hybridized carbons (Fsp3) is 0.533. The quantitative estimate of drug-likeness (QED) is 0.133. The maximum absolute atomic E-state index is 5.82. The molecule has 0 amide bonds. The van der Waals surface area contributed by atoms with Crippen LogP contribution in [0.3, 0.4) is 0 Å². The van der Waals surface area contributed by atoms with Gasteiger partial charge in [-0.25, -0.2) is 0 Å². The molecule has 0 aromatic heterocycles. The van der Waals surface area contributed by atoms with Crippen LogP contribution >= 0.6 is 0 Å². The maximum Gasteiger partial charge on any atom is 0.120 e. The van der Waals surface area contributed by atoms with Crippen LogP contribution in [0.25, 0.3) is 0 Å². The molecule has 0 spiro atoms. The van der Waals surface area contributed by atoms with Crippen molar-refractivity contribution in [3.8, 4) is 11.5 Å². The Labute approximate surface area is 212 Å². The first kappa shape index (κ1) is 28.9. The smallest absolute Gasteiger partial charge is 0.120 e. The standard InChI is InChI=1S/C30H44O5/c1-3-4-5-6-7-8-10-13-27(2)33-24-22-31-20-21-32-23-25-34-29-16-18-30(19-17-29)35-26-28-14-11-9-12-15-28/h3,9,11-12,14-19,27H,1,4-8,10,13,20-26H2,2H3. The number of hydrogen-bond donors (Lipinski definition) is 0. The van der Waals surface area contributed by atoms with Gasteiger partial charge in [-0.05, 0) is 56.0 Å². The molecule has 0 aliphatic heterocycles. The Morgan fingerprint density at radius 3 is 2.00 bits per heavy atom. The molecule has 0 fully saturated rings. The maximum atomic E-state index is 5.82. The summed E-state index contributed by atoms with van der Waals surface area (Å²) >= 11 is 0. The number of unbranched alkanes of at least 4 members (excludes halogenated alkanes) is 5. The third-order valence-electron chi connectivity index (χ3n) is 5.59. The van der Waals surface area contributed by atoms with E-state index in [1.807, 2.05) is 60.7 Å². The summed E-state index contributed by atoms with van der Waals surface area (Å²) in [6.45, 7) is 9.84. The number of benzene rings is 2. The van der Waals surface area contributed by atoms with Gasteiger partial charge in [0.05, 0.1) is 39.1 Å². The van der Waals surface area contributed by atoms with Crippen molar-refractivity contribution in [3.63, 3.8) is 0 Å². The highest BCUT2D eigenvalue weighted by Gasteiger charge is 2.02. The van der Waals surface area contributed by atoms with Crippen LogP contribution in [0, 0.1) is 0 Å². The van der Waals surface area contributed by atoms with E-state index in [1.165, 1.54) is 32.1 Å². The molecular formula is C30H44O5. The molecule has 5 nitrogen and oxygen atoms in total. The van der Waals surface area contributed by atoms with E-state index in [0.717, 1.165) is 29.9 Å². The first-order chi connectivity index (χ1) is 17.3. The van der Waals surface area contributed by atoms with Gasteiger partial charge in [0.2, 0.25) is 0 Å². The molecule has 2 aromatic rings. The average molecular weight is 485 g/mol. The van der Waals surface area contributed by atoms with Crippen LogP contribution < -0.4 is 9.47 Å². The summed E-state index contributed by atoms with van der Waals surface area (Å²) in [4.78, 5) is 0. The van der Waals surface area contributed by atoms with Gasteiger partial charge in [0, 0.05) is 0 Å². The molecule has 0 bridgehead atoms. The van der Waals surface area contributed by atoms with Crippen LogP contribution in [-0.2, 0) is 20.8 Å². The third-order valence-corrected chi connectivity index (χ3v) is 5.59. The van der Waals surface area contributed by atoms with Crippen LogP contribution in [-0.4, -0.2) is 45.7 Å². The molecule has 1 atom stereocenters. The molecule has 5 heteroatoms. The average Bonchev–Trinajstić information content (AvgIpc) is 2.89. The Morgan fingerprint density at radius 2 is 1.29 bits per heavy atom. The molecular weight excluding hydrogens is 440 g/mol. The number of rotatable bonds is 22. The lowest BCUT2D eigenvalue weighted by Gasteiger charge is -2.13. The summed E-state index contributed by atoms with van der Waals surface area (Å²) in [6, 6.07) is 17.8. The van der Waals surface area contributed by atoms with E-state index in [1.54, 1.807) is 0 Å². The zero-order valence-electron chi connectivity index (χ0n) is 21.5. The van der Waals surface area contributed by atoms with E-state index < -0.39 is 0 Å². The van der Waals surface area contributed by atoms with Gasteiger partial charge in [-0.3, -0.25) is 0 Å². The van der Waals surface area contributed by atoms with E-state index >= 15 is 0 Å². The molecule has 0 aliphatic carbocycles. The SMILES string of the molecule is C=CCCCCCCCC(C)OCCOCCOCCOc1ccc(OCc2ccccc2)cc1. The monoisotopic (exact) mass is 484 g/mol. The Balaban J connectivity index is 1.36. The summed E-state index contributed by atoms with van der Waals surface area (Å²) in [7, 11) is 0. The fourth-order valence-electron chi connectivity index (χ4n) is 3.56. The second-order valence-corrected chi connectivity index (χ2v) is 8.63. The second-order valence-electron chi connectivity index (χ2n) is 8.63. The van der Waals surface area contributed by atoms with Crippen molar-refractivity contribution in [1.82, 2.24) is 0 Å². The van der Waals surface area contributed by atoms with E-state index in [0.29, 0.717) is 52.4 Å². The Hall–Kier alpha value is -2.34. The molecule has 0 saturated carbocycles. The summed E-state index contributed by atoms with van der Waals surface area (Å²) in [5, 5.41) is 0. The lowest BCUT2D eigenvalue weighted by Crippen LogP contribution is -2.15. The first-order valence-electron chi connectivity index (χ1n) is 13.1. The Morgan fingerprint density at radius 1 is 0.686 bits per heavy atom. The van der Waals surface area contributed by atoms with Crippen molar-refractivity contribution in [3.05, 3.63) is 72.8 Å². The number of allylic oxidation sites excluding steroid dienone is 1. The zero-order valence-corrected chi connectivity index (χ0v) is 21.5. The molecule has 194 valence electrons. The number of ether oxygens (including phenoxy) is 5. The highest BCUT2D eigenvalue weighted by Crippen LogP contribution is 2.18. The minimum atomic E-state index is 0.296. The summed E-state index contributed by atoms with van der Waals surface area (Å²) in [5.74, 6) is 1.62. The minimum Gasteiger partial charge on any atom is -0.491 e. The molecule has 0 radical (unpaired) electrons. The van der Waals surface area contributed by atoms with Crippen molar-refractivity contribution in [2.75, 3.05) is 39.6 Å². The first-order valence-corrected chi connectivity index (χ1v) is 13.1. The van der Waals surface area contributed by atoms with Gasteiger partial charge in [-0.2, -0.15) is 0 Å². The predicted molar refractivity (Wildman–Crippen MR) is 142 cm³/mol. The Kier molecular flexibility index (Phi) is 16.4. The summed E-state index contributed by atoms with van der Waals surface area (Å²) < 4.78 is 28.5. The molecule has 2 rings (SSSR count). The lowest BCUT2D eigenvalue weighted by molar-refractivity contribution is -0.0112. The minimum absolute atomic E-state index is 0.296. The highest BCUT2D eigenvalue weighted by molar-refractivity contribution is 5.31. The van der Waals surface area contributed by atoms with Gasteiger partial charge in [0.15, 0.2) is 0 Å². The molecule has 0 heterocycles. The molecule has 0 saturated heterocycles. The van der Waals surface area contributed by atoms with Crippen LogP contribution in [0.4, 0.5) is 0 Å². The van der Waals surface area contributed by atoms with Gasteiger partial charge < -0.3 is 23.7 Å². The zero-order chi connectivity index (χ0) is 24.8. The van der Waals surface area contributed by atoms with Gasteiger partial charge in [0.1, 0.15) is 24.7 Å². The van der Waals surface area contributed by atoms with Gasteiger partial charge >= 0.3 is 0 Å². The predicted octanol–water partition coefficient (Wildman–Crippen LogP) is 7.00. The van der Waals surface area contributed by atoms with Crippen molar-refractivity contribution < 1.29 is 23.7 Å². The summed E-state index contributed by atoms with van der Waals surface area (Å²) in [5.41, 5.74) is 1.15. The molecule has 0 N–H and O–H groups in total. The molecule has 1 unspecified atom stereocenters. The van der Waals surface area contributed by atoms with Crippen LogP contribution in [0.5, 0.6) is 11.5 Å². The Bertz CT molecular complexity index is 747. The van der Waals surface area contributed by atoms with E-state index in [2.05, 4.69) is 13.5 Å². The highest BCUT2D eigenvalue weighted by atomic mass is 16.6. The fourth-order valence-corrected chi connectivity index (χ4v) is 3.56. The van der Waals surface area contributed by atoms with Gasteiger partial charge in [-0.15, -0.1) is 6.58 Å². The van der Waals surface area contributed by atoms with Crippen LogP contribution in [0.2, 0.25) is 0 Å². The molecule has 0 aliphatic rings. The molecule has 35 heavy (non-hydrogen) atoms. The number of hydrogen-bond acceptors (Lipinski definition) is 5. The van der Waals surface area contributed by atoms with Crippen molar-refractivity contribution in [2.45, 2.75) is 64.6 Å². The van der Waals surface area contributed by atoms with Crippen molar-refractivity contribution in [2.24, 2.45) is 0 Å². The van der Waals surface area contributed by atoms with E-state index in [-0.39, 0.29) is 0 Å². The second kappa shape index (κ2) is 19.9. The normalized spacial score (nSPS) is 11.8. The van der Waals surface area contributed by atoms with E-state index in [4.69, 9.17) is 23.7 Å². The van der Waals surface area contributed by atoms with Gasteiger partial charge in [-0.1, -0.05) is 62.1 Å². The van der Waals surface area contributed by atoms with E-state index in [9.17, 15) is 0 Å². The van der Waals surface area contributed by atoms with Crippen molar-refractivity contribution in [1.29, 1.82) is 0 Å². The summed E-state index contributed by atoms with van der Waals surface area (Å²) in [6.07, 6.45) is 11.0. The van der Waals surface area contributed by atoms with Crippen molar-refractivity contribution >= 4 is 0 Å². The topological polar surface area (TPSA) is 46.2 Å². The third kappa shape index (κ3) is 15.3. The van der Waals surface area contributed by atoms with Crippen LogP contribution in [0.15, 0.2) is 67.3 Å². The van der Waals surface area contributed by atoms with Crippen LogP contribution in [0.1, 0.15) is 57.4 Å². The molecule has 2 aromatic carbocycles. The lowest BCUT2D eigenvalue weighted by atomic mass is 10.1. The largest absolute Gasteiger partial charge is 0.491 e. The van der Waals surface area contributed by atoms with Gasteiger partial charge in [0.25, 0.3) is 0 Å².